The smallest absolute Gasteiger partial charge is 0.259 e. The zero-order valence-electron chi connectivity index (χ0n) is 16.1. The molecule has 1 aliphatic rings. The Kier molecular flexibility index (Phi) is 3.72. The van der Waals surface area contributed by atoms with Gasteiger partial charge in [-0.05, 0) is 24.0 Å². The van der Waals surface area contributed by atoms with Gasteiger partial charge in [0.15, 0.2) is 0 Å². The maximum absolute atomic E-state index is 13.8. The number of fused-ring (bicyclic) bond motifs is 5. The summed E-state index contributed by atoms with van der Waals surface area (Å²) >= 11 is 0. The van der Waals surface area contributed by atoms with Gasteiger partial charge in [-0.15, -0.1) is 10.2 Å². The molecule has 1 atom stereocenters. The molecule has 2 aromatic heterocycles. The molecule has 0 aliphatic heterocycles. The quantitative estimate of drug-likeness (QED) is 0.551. The van der Waals surface area contributed by atoms with Gasteiger partial charge in [0.25, 0.3) is 5.56 Å². The van der Waals surface area contributed by atoms with Gasteiger partial charge < -0.3 is 0 Å². The molecule has 0 unspecified atom stereocenters. The van der Waals surface area contributed by atoms with Crippen LogP contribution in [0.4, 0.5) is 0 Å². The Balaban J connectivity index is 1.87. The van der Waals surface area contributed by atoms with Crippen LogP contribution in [0.2, 0.25) is 0 Å². The van der Waals surface area contributed by atoms with Gasteiger partial charge >= 0.3 is 0 Å². The minimum absolute atomic E-state index is 0.0400. The molecule has 4 aromatic rings. The van der Waals surface area contributed by atoms with Crippen LogP contribution < -0.4 is 5.56 Å². The average molecular weight is 370 g/mol. The van der Waals surface area contributed by atoms with Crippen molar-refractivity contribution >= 4 is 5.78 Å². The maximum atomic E-state index is 13.8. The fourth-order valence-corrected chi connectivity index (χ4v) is 4.45. The van der Waals surface area contributed by atoms with Crippen LogP contribution in [0.1, 0.15) is 37.0 Å². The first-order valence-electron chi connectivity index (χ1n) is 9.71. The average Bonchev–Trinajstić information content (AvgIpc) is 3.21. The van der Waals surface area contributed by atoms with E-state index in [4.69, 9.17) is 0 Å². The minimum Gasteiger partial charge on any atom is -0.272 e. The van der Waals surface area contributed by atoms with E-state index in [-0.39, 0.29) is 11.0 Å². The number of nitrogens with zero attached hydrogens (tertiary/aromatic N) is 4. The van der Waals surface area contributed by atoms with Crippen molar-refractivity contribution in [1.82, 2.24) is 19.2 Å². The van der Waals surface area contributed by atoms with Crippen LogP contribution in [0, 0.1) is 0 Å². The van der Waals surface area contributed by atoms with E-state index in [0.29, 0.717) is 12.3 Å². The summed E-state index contributed by atoms with van der Waals surface area (Å²) in [6, 6.07) is 18.4. The zero-order chi connectivity index (χ0) is 19.3. The van der Waals surface area contributed by atoms with Gasteiger partial charge in [-0.2, -0.15) is 0 Å². The molecule has 0 saturated heterocycles. The third kappa shape index (κ3) is 2.35. The van der Waals surface area contributed by atoms with Gasteiger partial charge in [-0.25, -0.2) is 0 Å². The third-order valence-corrected chi connectivity index (χ3v) is 6.13. The number of rotatable bonds is 3. The highest BCUT2D eigenvalue weighted by atomic mass is 16.1. The molecular formula is C23H22N4O. The normalized spacial score (nSPS) is 18.1. The summed E-state index contributed by atoms with van der Waals surface area (Å²) in [6.45, 7) is 4.85. The molecule has 2 aromatic carbocycles. The predicted octanol–water partition coefficient (Wildman–Crippen LogP) is 3.83. The van der Waals surface area contributed by atoms with Gasteiger partial charge in [-0.1, -0.05) is 68.4 Å². The Labute approximate surface area is 163 Å². The monoisotopic (exact) mass is 370 g/mol. The van der Waals surface area contributed by atoms with Crippen molar-refractivity contribution in [3.8, 4) is 11.3 Å². The van der Waals surface area contributed by atoms with Gasteiger partial charge in [0.05, 0.1) is 12.2 Å². The molecular weight excluding hydrogens is 348 g/mol. The standard InChI is InChI=1S/C23H22N4O/c1-3-23(2)13-17-11-7-8-12-18(17)20-19(23)21(28)26(22-25-24-15-27(20)22)14-16-9-5-4-6-10-16/h4-12,15H,3,13-14H2,1-2H3/t23-/m0/s1. The predicted molar refractivity (Wildman–Crippen MR) is 110 cm³/mol. The van der Waals surface area contributed by atoms with E-state index in [0.717, 1.165) is 35.2 Å². The van der Waals surface area contributed by atoms with E-state index in [2.05, 4.69) is 42.2 Å². The molecule has 140 valence electrons. The molecule has 5 rings (SSSR count). The van der Waals surface area contributed by atoms with Crippen molar-refractivity contribution in [2.24, 2.45) is 0 Å². The van der Waals surface area contributed by atoms with E-state index >= 15 is 0 Å². The Morgan fingerprint density at radius 3 is 2.61 bits per heavy atom. The number of hydrogen-bond acceptors (Lipinski definition) is 3. The molecule has 0 saturated carbocycles. The fraction of sp³-hybridized carbons (Fsp3) is 0.261. The summed E-state index contributed by atoms with van der Waals surface area (Å²) in [5.74, 6) is 0.586. The van der Waals surface area contributed by atoms with Crippen molar-refractivity contribution in [2.45, 2.75) is 38.6 Å². The second-order valence-electron chi connectivity index (χ2n) is 7.85. The Hall–Kier alpha value is -3.21. The lowest BCUT2D eigenvalue weighted by Gasteiger charge is -2.36. The van der Waals surface area contributed by atoms with Crippen LogP contribution in [0.15, 0.2) is 65.7 Å². The highest BCUT2D eigenvalue weighted by Crippen LogP contribution is 2.43. The number of hydrogen-bond donors (Lipinski definition) is 0. The van der Waals surface area contributed by atoms with Crippen LogP contribution in [0.25, 0.3) is 17.0 Å². The molecule has 5 heteroatoms. The summed E-state index contributed by atoms with van der Waals surface area (Å²) in [7, 11) is 0. The summed E-state index contributed by atoms with van der Waals surface area (Å²) in [5, 5.41) is 8.46. The first-order chi connectivity index (χ1) is 13.6. The van der Waals surface area contributed by atoms with Crippen molar-refractivity contribution in [3.63, 3.8) is 0 Å². The second kappa shape index (κ2) is 6.16. The number of aromatic nitrogens is 4. The largest absolute Gasteiger partial charge is 0.272 e. The van der Waals surface area contributed by atoms with Gasteiger partial charge in [0.1, 0.15) is 6.33 Å². The van der Waals surface area contributed by atoms with Gasteiger partial charge in [0.2, 0.25) is 5.78 Å². The lowest BCUT2D eigenvalue weighted by molar-refractivity contribution is 0.435. The summed E-state index contributed by atoms with van der Waals surface area (Å²) in [5.41, 5.74) is 5.09. The topological polar surface area (TPSA) is 52.2 Å². The lowest BCUT2D eigenvalue weighted by atomic mass is 9.69. The van der Waals surface area contributed by atoms with Crippen molar-refractivity contribution in [2.75, 3.05) is 0 Å². The molecule has 0 bridgehead atoms. The molecule has 0 spiro atoms. The van der Waals surface area contributed by atoms with Gasteiger partial charge in [0, 0.05) is 16.5 Å². The molecule has 5 nitrogen and oxygen atoms in total. The van der Waals surface area contributed by atoms with Crippen LogP contribution >= 0.6 is 0 Å². The van der Waals surface area contributed by atoms with Crippen molar-refractivity contribution in [3.05, 3.63) is 88.0 Å². The number of benzene rings is 2. The van der Waals surface area contributed by atoms with Crippen LogP contribution in [0.5, 0.6) is 0 Å². The highest BCUT2D eigenvalue weighted by molar-refractivity contribution is 5.73. The zero-order valence-corrected chi connectivity index (χ0v) is 16.1. The highest BCUT2D eigenvalue weighted by Gasteiger charge is 2.38. The first kappa shape index (κ1) is 16.9. The Morgan fingerprint density at radius 1 is 1.07 bits per heavy atom. The van der Waals surface area contributed by atoms with E-state index in [9.17, 15) is 4.79 Å². The van der Waals surface area contributed by atoms with E-state index in [1.165, 1.54) is 5.56 Å². The van der Waals surface area contributed by atoms with E-state index in [1.807, 2.05) is 40.8 Å². The fourth-order valence-electron chi connectivity index (χ4n) is 4.45. The second-order valence-corrected chi connectivity index (χ2v) is 7.85. The van der Waals surface area contributed by atoms with E-state index in [1.54, 1.807) is 10.9 Å². The van der Waals surface area contributed by atoms with Gasteiger partial charge in [-0.3, -0.25) is 13.8 Å². The lowest BCUT2D eigenvalue weighted by Crippen LogP contribution is -2.40. The first-order valence-corrected chi connectivity index (χ1v) is 9.71. The van der Waals surface area contributed by atoms with E-state index < -0.39 is 0 Å². The summed E-state index contributed by atoms with van der Waals surface area (Å²) < 4.78 is 3.76. The molecule has 0 N–H and O–H groups in total. The minimum atomic E-state index is -0.225. The molecule has 0 radical (unpaired) electrons. The van der Waals surface area contributed by atoms with Crippen molar-refractivity contribution < 1.29 is 0 Å². The summed E-state index contributed by atoms with van der Waals surface area (Å²) in [4.78, 5) is 13.8. The maximum Gasteiger partial charge on any atom is 0.259 e. The van der Waals surface area contributed by atoms with Crippen LogP contribution in [-0.2, 0) is 18.4 Å². The summed E-state index contributed by atoms with van der Waals surface area (Å²) in [6.07, 6.45) is 3.48. The Bertz CT molecular complexity index is 1240. The molecule has 1 aliphatic carbocycles. The van der Waals surface area contributed by atoms with Crippen LogP contribution in [0.3, 0.4) is 0 Å². The van der Waals surface area contributed by atoms with Crippen molar-refractivity contribution in [1.29, 1.82) is 0 Å². The molecule has 0 amide bonds. The third-order valence-electron chi connectivity index (χ3n) is 6.13. The molecule has 28 heavy (non-hydrogen) atoms. The Morgan fingerprint density at radius 2 is 1.82 bits per heavy atom. The van der Waals surface area contributed by atoms with Crippen LogP contribution in [-0.4, -0.2) is 19.2 Å². The molecule has 0 fully saturated rings. The SMILES string of the molecule is CC[C@@]1(C)Cc2ccccc2-c2c1c(=O)n(Cc1ccccc1)c1nncn21. The molecule has 2 heterocycles.